The largest absolute Gasteiger partial charge is 0.298 e. The molecule has 2 saturated heterocycles. The van der Waals surface area contributed by atoms with Gasteiger partial charge >= 0.3 is 0 Å². The van der Waals surface area contributed by atoms with Crippen molar-refractivity contribution in [2.75, 3.05) is 19.6 Å². The molecule has 2 fully saturated rings. The smallest absolute Gasteiger partial charge is 0.0243 e. The third-order valence-corrected chi connectivity index (χ3v) is 5.32. The highest BCUT2D eigenvalue weighted by atomic mass is 15.3. The molecule has 110 valence electrons. The van der Waals surface area contributed by atoms with Crippen molar-refractivity contribution >= 4 is 10.8 Å². The van der Waals surface area contributed by atoms with Crippen LogP contribution in [0.1, 0.15) is 25.3 Å². The molecule has 0 N–H and O–H groups in total. The monoisotopic (exact) mass is 280 g/mol. The molecule has 4 rings (SSSR count). The van der Waals surface area contributed by atoms with E-state index in [1.807, 2.05) is 0 Å². The Balaban J connectivity index is 1.59. The predicted molar refractivity (Wildman–Crippen MR) is 88.4 cm³/mol. The number of piperazine rings is 1. The summed E-state index contributed by atoms with van der Waals surface area (Å²) in [6.07, 6.45) is 2.78. The number of nitrogens with zero attached hydrogens (tertiary/aromatic N) is 2. The first-order valence-corrected chi connectivity index (χ1v) is 8.26. The van der Waals surface area contributed by atoms with E-state index in [0.29, 0.717) is 6.04 Å². The van der Waals surface area contributed by atoms with Crippen molar-refractivity contribution < 1.29 is 0 Å². The fourth-order valence-electron chi connectivity index (χ4n) is 4.12. The summed E-state index contributed by atoms with van der Waals surface area (Å²) in [5.41, 5.74) is 1.48. The first-order valence-electron chi connectivity index (χ1n) is 8.26. The number of rotatable bonds is 2. The molecule has 2 nitrogen and oxygen atoms in total. The highest BCUT2D eigenvalue weighted by Gasteiger charge is 2.34. The van der Waals surface area contributed by atoms with Crippen molar-refractivity contribution in [3.63, 3.8) is 0 Å². The summed E-state index contributed by atoms with van der Waals surface area (Å²) in [6.45, 7) is 7.28. The van der Waals surface area contributed by atoms with Gasteiger partial charge in [0.2, 0.25) is 0 Å². The molecule has 0 aliphatic carbocycles. The van der Waals surface area contributed by atoms with Crippen molar-refractivity contribution in [1.82, 2.24) is 9.80 Å². The van der Waals surface area contributed by atoms with Crippen LogP contribution in [0.3, 0.4) is 0 Å². The van der Waals surface area contributed by atoms with Crippen LogP contribution >= 0.6 is 0 Å². The number of benzene rings is 2. The maximum absolute atomic E-state index is 2.70. The third-order valence-electron chi connectivity index (χ3n) is 5.32. The maximum Gasteiger partial charge on any atom is 0.0243 e. The molecule has 2 aliphatic rings. The highest BCUT2D eigenvalue weighted by Crippen LogP contribution is 2.27. The van der Waals surface area contributed by atoms with Crippen LogP contribution in [0.4, 0.5) is 0 Å². The van der Waals surface area contributed by atoms with Crippen LogP contribution in [-0.4, -0.2) is 41.5 Å². The van der Waals surface area contributed by atoms with Crippen molar-refractivity contribution in [3.05, 3.63) is 48.0 Å². The lowest BCUT2D eigenvalue weighted by Gasteiger charge is -2.42. The summed E-state index contributed by atoms with van der Waals surface area (Å²) in [5.74, 6) is 0. The Morgan fingerprint density at radius 3 is 2.86 bits per heavy atom. The number of fused-ring (bicyclic) bond motifs is 2. The lowest BCUT2D eigenvalue weighted by Crippen LogP contribution is -2.54. The highest BCUT2D eigenvalue weighted by molar-refractivity contribution is 5.85. The predicted octanol–water partition coefficient (Wildman–Crippen LogP) is 3.51. The topological polar surface area (TPSA) is 6.48 Å². The standard InChI is InChI=1S/C19H24N2/c1-15-12-20-11-5-9-18(20)14-21(15)13-17-8-4-7-16-6-2-3-10-19(16)17/h2-4,6-8,10,15,18H,5,9,11-14H2,1H3. The van der Waals surface area contributed by atoms with E-state index in [0.717, 1.165) is 12.6 Å². The van der Waals surface area contributed by atoms with E-state index in [2.05, 4.69) is 59.2 Å². The quantitative estimate of drug-likeness (QED) is 0.830. The molecular formula is C19H24N2. The van der Waals surface area contributed by atoms with E-state index in [1.54, 1.807) is 0 Å². The van der Waals surface area contributed by atoms with Gasteiger partial charge in [0, 0.05) is 31.7 Å². The van der Waals surface area contributed by atoms with E-state index >= 15 is 0 Å². The normalized spacial score (nSPS) is 27.1. The van der Waals surface area contributed by atoms with Crippen molar-refractivity contribution in [3.8, 4) is 0 Å². The fourth-order valence-corrected chi connectivity index (χ4v) is 4.12. The molecular weight excluding hydrogens is 256 g/mol. The lowest BCUT2D eigenvalue weighted by molar-refractivity contribution is 0.0543. The first kappa shape index (κ1) is 13.3. The van der Waals surface area contributed by atoms with Crippen molar-refractivity contribution in [1.29, 1.82) is 0 Å². The Morgan fingerprint density at radius 1 is 1.05 bits per heavy atom. The molecule has 0 saturated carbocycles. The molecule has 2 aliphatic heterocycles. The van der Waals surface area contributed by atoms with Gasteiger partial charge in [0.05, 0.1) is 0 Å². The van der Waals surface area contributed by atoms with E-state index in [1.165, 1.54) is 48.8 Å². The van der Waals surface area contributed by atoms with Gasteiger partial charge in [0.15, 0.2) is 0 Å². The third kappa shape index (κ3) is 2.47. The Kier molecular flexibility index (Phi) is 3.44. The Hall–Kier alpha value is -1.38. The van der Waals surface area contributed by atoms with Gasteiger partial charge in [-0.1, -0.05) is 42.5 Å². The number of hydrogen-bond acceptors (Lipinski definition) is 2. The minimum Gasteiger partial charge on any atom is -0.298 e. The van der Waals surface area contributed by atoms with Crippen LogP contribution in [-0.2, 0) is 6.54 Å². The minimum atomic E-state index is 0.665. The fraction of sp³-hybridized carbons (Fsp3) is 0.474. The lowest BCUT2D eigenvalue weighted by atomic mass is 10.0. The SMILES string of the molecule is CC1CN2CCCC2CN1Cc1cccc2ccccc12. The zero-order chi connectivity index (χ0) is 14.2. The Labute approximate surface area is 127 Å². The van der Waals surface area contributed by atoms with Crippen LogP contribution in [0.25, 0.3) is 10.8 Å². The van der Waals surface area contributed by atoms with Gasteiger partial charge in [0.25, 0.3) is 0 Å². The van der Waals surface area contributed by atoms with Crippen LogP contribution in [0.2, 0.25) is 0 Å². The van der Waals surface area contributed by atoms with E-state index in [9.17, 15) is 0 Å². The van der Waals surface area contributed by atoms with Gasteiger partial charge < -0.3 is 0 Å². The summed E-state index contributed by atoms with van der Waals surface area (Å²) in [7, 11) is 0. The van der Waals surface area contributed by atoms with E-state index in [4.69, 9.17) is 0 Å². The Morgan fingerprint density at radius 2 is 1.90 bits per heavy atom. The summed E-state index contributed by atoms with van der Waals surface area (Å²) >= 11 is 0. The van der Waals surface area contributed by atoms with Gasteiger partial charge in [-0.2, -0.15) is 0 Å². The summed E-state index contributed by atoms with van der Waals surface area (Å²) in [5, 5.41) is 2.78. The van der Waals surface area contributed by atoms with Crippen LogP contribution in [0.5, 0.6) is 0 Å². The zero-order valence-electron chi connectivity index (χ0n) is 12.8. The van der Waals surface area contributed by atoms with Crippen LogP contribution < -0.4 is 0 Å². The second-order valence-electron chi connectivity index (χ2n) is 6.71. The molecule has 2 heterocycles. The first-order chi connectivity index (χ1) is 10.3. The molecule has 0 amide bonds. The molecule has 2 unspecified atom stereocenters. The van der Waals surface area contributed by atoms with Gasteiger partial charge in [-0.3, -0.25) is 9.80 Å². The minimum absolute atomic E-state index is 0.665. The zero-order valence-corrected chi connectivity index (χ0v) is 12.8. The van der Waals surface area contributed by atoms with Gasteiger partial charge in [-0.25, -0.2) is 0 Å². The van der Waals surface area contributed by atoms with Gasteiger partial charge in [0.1, 0.15) is 0 Å². The van der Waals surface area contributed by atoms with Gasteiger partial charge in [-0.15, -0.1) is 0 Å². The van der Waals surface area contributed by atoms with E-state index < -0.39 is 0 Å². The molecule has 2 aromatic carbocycles. The average molecular weight is 280 g/mol. The second kappa shape index (κ2) is 5.43. The molecule has 2 aromatic rings. The maximum atomic E-state index is 2.70. The van der Waals surface area contributed by atoms with Crippen LogP contribution in [0, 0.1) is 0 Å². The van der Waals surface area contributed by atoms with Gasteiger partial charge in [-0.05, 0) is 42.6 Å². The average Bonchev–Trinajstić information content (AvgIpc) is 2.95. The summed E-state index contributed by atoms with van der Waals surface area (Å²) in [4.78, 5) is 5.39. The molecule has 0 spiro atoms. The summed E-state index contributed by atoms with van der Waals surface area (Å²) < 4.78 is 0. The summed E-state index contributed by atoms with van der Waals surface area (Å²) in [6, 6.07) is 17.0. The molecule has 21 heavy (non-hydrogen) atoms. The van der Waals surface area contributed by atoms with E-state index in [-0.39, 0.29) is 0 Å². The molecule has 2 atom stereocenters. The molecule has 0 radical (unpaired) electrons. The molecule has 0 aromatic heterocycles. The van der Waals surface area contributed by atoms with Crippen molar-refractivity contribution in [2.24, 2.45) is 0 Å². The Bertz CT molecular complexity index is 631. The number of hydrogen-bond donors (Lipinski definition) is 0. The van der Waals surface area contributed by atoms with Crippen LogP contribution in [0.15, 0.2) is 42.5 Å². The second-order valence-corrected chi connectivity index (χ2v) is 6.71. The molecule has 2 heteroatoms. The van der Waals surface area contributed by atoms with Crippen molar-refractivity contribution in [2.45, 2.75) is 38.4 Å². The molecule has 0 bridgehead atoms.